The number of nitrogens with zero attached hydrogens (tertiary/aromatic N) is 2. The molecule has 0 saturated carbocycles. The molecule has 25 heavy (non-hydrogen) atoms. The number of hydrogen-bond acceptors (Lipinski definition) is 4. The molecule has 3 rings (SSSR count). The predicted molar refractivity (Wildman–Crippen MR) is 110 cm³/mol. The summed E-state index contributed by atoms with van der Waals surface area (Å²) in [5.74, 6) is 0. The molecule has 4 nitrogen and oxygen atoms in total. The van der Waals surface area contributed by atoms with Gasteiger partial charge in [0.2, 0.25) is 0 Å². The number of nitro groups is 1. The standard InChI is InChI=1S/C19H13IN2O2S/c20-19-4-2-1-3-14(19)13-21-15-5-9-17(10-6-15)25-18-11-7-16(8-12-18)22(23)24/h1-13H. The fraction of sp³-hybridized carbons (Fsp3) is 0. The largest absolute Gasteiger partial charge is 0.269 e. The zero-order valence-corrected chi connectivity index (χ0v) is 16.0. The predicted octanol–water partition coefficient (Wildman–Crippen LogP) is 6.10. The molecule has 0 aliphatic carbocycles. The Morgan fingerprint density at radius 1 is 0.920 bits per heavy atom. The molecule has 124 valence electrons. The first-order valence-electron chi connectivity index (χ1n) is 7.43. The summed E-state index contributed by atoms with van der Waals surface area (Å²) < 4.78 is 1.16. The van der Waals surface area contributed by atoms with Crippen LogP contribution in [0.5, 0.6) is 0 Å². The average Bonchev–Trinajstić information content (AvgIpc) is 2.63. The van der Waals surface area contributed by atoms with E-state index in [1.807, 2.05) is 54.7 Å². The Labute approximate surface area is 163 Å². The maximum absolute atomic E-state index is 10.7. The number of aliphatic imine (C=N–C) groups is 1. The second-order valence-corrected chi connectivity index (χ2v) is 7.44. The third-order valence-corrected chi connectivity index (χ3v) is 5.38. The summed E-state index contributed by atoms with van der Waals surface area (Å²) in [6.07, 6.45) is 1.86. The van der Waals surface area contributed by atoms with Gasteiger partial charge in [-0.25, -0.2) is 0 Å². The molecule has 0 heterocycles. The van der Waals surface area contributed by atoms with Crippen molar-refractivity contribution in [2.45, 2.75) is 9.79 Å². The van der Waals surface area contributed by atoms with Gasteiger partial charge >= 0.3 is 0 Å². The van der Waals surface area contributed by atoms with Crippen molar-refractivity contribution in [1.29, 1.82) is 0 Å². The van der Waals surface area contributed by atoms with Crippen molar-refractivity contribution in [3.8, 4) is 0 Å². The topological polar surface area (TPSA) is 55.5 Å². The molecular formula is C19H13IN2O2S. The smallest absolute Gasteiger partial charge is 0.258 e. The minimum atomic E-state index is -0.394. The normalized spacial score (nSPS) is 10.9. The van der Waals surface area contributed by atoms with Gasteiger partial charge in [-0.1, -0.05) is 30.0 Å². The van der Waals surface area contributed by atoms with E-state index in [0.717, 1.165) is 24.6 Å². The first kappa shape index (κ1) is 17.6. The number of non-ortho nitro benzene ring substituents is 1. The molecule has 0 unspecified atom stereocenters. The Kier molecular flexibility index (Phi) is 5.83. The summed E-state index contributed by atoms with van der Waals surface area (Å²) in [6, 6.07) is 22.5. The molecule has 0 atom stereocenters. The van der Waals surface area contributed by atoms with Gasteiger partial charge < -0.3 is 0 Å². The lowest BCUT2D eigenvalue weighted by atomic mass is 10.2. The second-order valence-electron chi connectivity index (χ2n) is 5.13. The van der Waals surface area contributed by atoms with Gasteiger partial charge in [-0.15, -0.1) is 0 Å². The van der Waals surface area contributed by atoms with Crippen molar-refractivity contribution in [2.75, 3.05) is 0 Å². The summed E-state index contributed by atoms with van der Waals surface area (Å²) in [5.41, 5.74) is 2.07. The highest BCUT2D eigenvalue weighted by atomic mass is 127. The van der Waals surface area contributed by atoms with E-state index in [1.54, 1.807) is 23.9 Å². The van der Waals surface area contributed by atoms with E-state index in [1.165, 1.54) is 12.1 Å². The van der Waals surface area contributed by atoms with E-state index in [2.05, 4.69) is 27.6 Å². The van der Waals surface area contributed by atoms with Crippen LogP contribution in [0.3, 0.4) is 0 Å². The first-order valence-corrected chi connectivity index (χ1v) is 9.32. The van der Waals surface area contributed by atoms with E-state index in [9.17, 15) is 10.1 Å². The summed E-state index contributed by atoms with van der Waals surface area (Å²) in [7, 11) is 0. The lowest BCUT2D eigenvalue weighted by Gasteiger charge is -2.02. The van der Waals surface area contributed by atoms with Crippen LogP contribution in [0.15, 0.2) is 87.6 Å². The molecule has 3 aromatic rings. The quantitative estimate of drug-likeness (QED) is 0.200. The van der Waals surface area contributed by atoms with Crippen molar-refractivity contribution in [1.82, 2.24) is 0 Å². The van der Waals surface area contributed by atoms with E-state index < -0.39 is 4.92 Å². The molecule has 0 aliphatic rings. The zero-order valence-electron chi connectivity index (χ0n) is 13.0. The Balaban J connectivity index is 1.68. The Bertz CT molecular complexity index is 909. The number of hydrogen-bond donors (Lipinski definition) is 0. The van der Waals surface area contributed by atoms with Crippen LogP contribution in [0.1, 0.15) is 5.56 Å². The summed E-state index contributed by atoms with van der Waals surface area (Å²) in [5, 5.41) is 10.7. The van der Waals surface area contributed by atoms with Crippen LogP contribution < -0.4 is 0 Å². The van der Waals surface area contributed by atoms with Gasteiger partial charge in [0, 0.05) is 37.3 Å². The molecule has 3 aromatic carbocycles. The van der Waals surface area contributed by atoms with Crippen LogP contribution in [0.2, 0.25) is 0 Å². The van der Waals surface area contributed by atoms with Crippen molar-refractivity contribution in [3.63, 3.8) is 0 Å². The van der Waals surface area contributed by atoms with Crippen molar-refractivity contribution >= 4 is 51.9 Å². The van der Waals surface area contributed by atoms with Crippen molar-refractivity contribution in [3.05, 3.63) is 92.0 Å². The van der Waals surface area contributed by atoms with Gasteiger partial charge in [0.1, 0.15) is 0 Å². The highest BCUT2D eigenvalue weighted by Crippen LogP contribution is 2.30. The molecular weight excluding hydrogens is 447 g/mol. The zero-order chi connectivity index (χ0) is 17.6. The van der Waals surface area contributed by atoms with E-state index in [-0.39, 0.29) is 5.69 Å². The van der Waals surface area contributed by atoms with Gasteiger partial charge in [0.15, 0.2) is 0 Å². The van der Waals surface area contributed by atoms with Gasteiger partial charge in [0.25, 0.3) is 5.69 Å². The van der Waals surface area contributed by atoms with Crippen molar-refractivity contribution in [2.24, 2.45) is 4.99 Å². The van der Waals surface area contributed by atoms with Gasteiger partial charge in [-0.05, 0) is 65.1 Å². The maximum atomic E-state index is 10.7. The fourth-order valence-electron chi connectivity index (χ4n) is 2.10. The minimum absolute atomic E-state index is 0.101. The highest BCUT2D eigenvalue weighted by Gasteiger charge is 2.05. The monoisotopic (exact) mass is 460 g/mol. The van der Waals surface area contributed by atoms with Crippen LogP contribution in [0, 0.1) is 13.7 Å². The molecule has 0 amide bonds. The molecule has 0 saturated heterocycles. The number of halogens is 1. The lowest BCUT2D eigenvalue weighted by molar-refractivity contribution is -0.384. The summed E-state index contributed by atoms with van der Waals surface area (Å²) >= 11 is 3.85. The van der Waals surface area contributed by atoms with E-state index in [0.29, 0.717) is 0 Å². The molecule has 0 aliphatic heterocycles. The van der Waals surface area contributed by atoms with Gasteiger partial charge in [-0.3, -0.25) is 15.1 Å². The summed E-state index contributed by atoms with van der Waals surface area (Å²) in [4.78, 5) is 16.8. The average molecular weight is 460 g/mol. The lowest BCUT2D eigenvalue weighted by Crippen LogP contribution is -1.86. The number of nitro benzene ring substituents is 1. The molecule has 0 N–H and O–H groups in total. The van der Waals surface area contributed by atoms with Crippen molar-refractivity contribution < 1.29 is 4.92 Å². The first-order chi connectivity index (χ1) is 12.1. The molecule has 0 fully saturated rings. The SMILES string of the molecule is O=[N+]([O-])c1ccc(Sc2ccc(N=Cc3ccccc3I)cc2)cc1. The molecule has 0 aromatic heterocycles. The minimum Gasteiger partial charge on any atom is -0.258 e. The Hall–Kier alpha value is -2.19. The van der Waals surface area contributed by atoms with E-state index >= 15 is 0 Å². The second kappa shape index (κ2) is 8.26. The fourth-order valence-corrected chi connectivity index (χ4v) is 3.44. The molecule has 0 bridgehead atoms. The van der Waals surface area contributed by atoms with Gasteiger partial charge in [-0.2, -0.15) is 0 Å². The number of rotatable bonds is 5. The third-order valence-electron chi connectivity index (χ3n) is 3.38. The van der Waals surface area contributed by atoms with Gasteiger partial charge in [0.05, 0.1) is 10.6 Å². The van der Waals surface area contributed by atoms with E-state index in [4.69, 9.17) is 0 Å². The highest BCUT2D eigenvalue weighted by molar-refractivity contribution is 14.1. The number of benzene rings is 3. The van der Waals surface area contributed by atoms with Crippen LogP contribution in [-0.2, 0) is 0 Å². The Morgan fingerprint density at radius 2 is 1.52 bits per heavy atom. The molecule has 0 radical (unpaired) electrons. The molecule has 0 spiro atoms. The van der Waals surface area contributed by atoms with Crippen LogP contribution in [0.4, 0.5) is 11.4 Å². The van der Waals surface area contributed by atoms with Crippen LogP contribution in [0.25, 0.3) is 0 Å². The summed E-state index contributed by atoms with van der Waals surface area (Å²) in [6.45, 7) is 0. The van der Waals surface area contributed by atoms with Crippen LogP contribution >= 0.6 is 34.4 Å². The van der Waals surface area contributed by atoms with Crippen LogP contribution in [-0.4, -0.2) is 11.1 Å². The third kappa shape index (κ3) is 4.90. The molecule has 6 heteroatoms. The Morgan fingerprint density at radius 3 is 2.12 bits per heavy atom. The maximum Gasteiger partial charge on any atom is 0.269 e.